The molecule has 4 heteroatoms. The molecule has 0 aliphatic heterocycles. The Hall–Kier alpha value is -2.88. The van der Waals surface area contributed by atoms with Crippen molar-refractivity contribution in [3.05, 3.63) is 66.2 Å². The summed E-state index contributed by atoms with van der Waals surface area (Å²) in [5, 5.41) is 18.0. The van der Waals surface area contributed by atoms with Crippen LogP contribution in [-0.2, 0) is 9.59 Å². The van der Waals surface area contributed by atoms with Crippen LogP contribution in [0.15, 0.2) is 60.7 Å². The van der Waals surface area contributed by atoms with E-state index in [0.717, 1.165) is 5.56 Å². The van der Waals surface area contributed by atoms with Gasteiger partial charge in [-0.3, -0.25) is 0 Å². The van der Waals surface area contributed by atoms with Gasteiger partial charge in [0.15, 0.2) is 0 Å². The zero-order chi connectivity index (χ0) is 14.5. The number of carboxylic acids is 2. The molecule has 4 nitrogen and oxygen atoms in total. The molecule has 2 rings (SSSR count). The maximum absolute atomic E-state index is 11.3. The standard InChI is InChI=1S/C16H12O4/c17-15(18)10-14(16(19)20)13-9-5-4-8-12(13)11-6-2-1-3-7-11/h1-10H,(H,17,18)(H,19,20). The second kappa shape index (κ2) is 5.84. The third-order valence-electron chi connectivity index (χ3n) is 2.80. The molecule has 0 unspecified atom stereocenters. The second-order valence-electron chi connectivity index (χ2n) is 4.11. The lowest BCUT2D eigenvalue weighted by Crippen LogP contribution is -2.04. The molecule has 0 saturated carbocycles. The highest BCUT2D eigenvalue weighted by Crippen LogP contribution is 2.28. The number of carbonyl (C=O) groups is 2. The molecule has 2 aromatic carbocycles. The van der Waals surface area contributed by atoms with E-state index < -0.39 is 11.9 Å². The quantitative estimate of drug-likeness (QED) is 0.836. The lowest BCUT2D eigenvalue weighted by atomic mass is 9.94. The Morgan fingerprint density at radius 3 is 2.05 bits per heavy atom. The Bertz CT molecular complexity index is 672. The summed E-state index contributed by atoms with van der Waals surface area (Å²) in [5.41, 5.74) is 1.66. The number of aliphatic carboxylic acids is 2. The first-order valence-electron chi connectivity index (χ1n) is 5.92. The Balaban J connectivity index is 2.63. The molecule has 0 fully saturated rings. The van der Waals surface area contributed by atoms with Crippen LogP contribution in [0, 0.1) is 0 Å². The third kappa shape index (κ3) is 2.92. The van der Waals surface area contributed by atoms with Crippen molar-refractivity contribution in [2.75, 3.05) is 0 Å². The molecular weight excluding hydrogens is 256 g/mol. The van der Waals surface area contributed by atoms with Gasteiger partial charge in [0.2, 0.25) is 0 Å². The normalized spacial score (nSPS) is 11.1. The van der Waals surface area contributed by atoms with Gasteiger partial charge >= 0.3 is 11.9 Å². The molecule has 100 valence electrons. The van der Waals surface area contributed by atoms with Crippen LogP contribution < -0.4 is 0 Å². The smallest absolute Gasteiger partial charge is 0.336 e. The van der Waals surface area contributed by atoms with Crippen molar-refractivity contribution in [2.45, 2.75) is 0 Å². The Labute approximate surface area is 115 Å². The highest BCUT2D eigenvalue weighted by atomic mass is 16.4. The van der Waals surface area contributed by atoms with Crippen LogP contribution in [0.2, 0.25) is 0 Å². The zero-order valence-electron chi connectivity index (χ0n) is 10.5. The van der Waals surface area contributed by atoms with Crippen molar-refractivity contribution in [1.82, 2.24) is 0 Å². The average Bonchev–Trinajstić information content (AvgIpc) is 2.45. The fourth-order valence-corrected chi connectivity index (χ4v) is 1.97. The fourth-order valence-electron chi connectivity index (χ4n) is 1.97. The minimum Gasteiger partial charge on any atom is -0.478 e. The molecule has 0 aliphatic carbocycles. The maximum Gasteiger partial charge on any atom is 0.336 e. The molecule has 0 spiro atoms. The summed E-state index contributed by atoms with van der Waals surface area (Å²) in [6, 6.07) is 16.1. The predicted octanol–water partition coefficient (Wildman–Crippen LogP) is 2.91. The van der Waals surface area contributed by atoms with Gasteiger partial charge in [-0.15, -0.1) is 0 Å². The van der Waals surface area contributed by atoms with Gasteiger partial charge in [0.25, 0.3) is 0 Å². The Kier molecular flexibility index (Phi) is 3.96. The van der Waals surface area contributed by atoms with Crippen LogP contribution >= 0.6 is 0 Å². The van der Waals surface area contributed by atoms with E-state index >= 15 is 0 Å². The van der Waals surface area contributed by atoms with E-state index in [-0.39, 0.29) is 5.57 Å². The van der Waals surface area contributed by atoms with Crippen molar-refractivity contribution < 1.29 is 19.8 Å². The van der Waals surface area contributed by atoms with E-state index in [2.05, 4.69) is 0 Å². The number of benzene rings is 2. The molecule has 0 aromatic heterocycles. The Morgan fingerprint density at radius 2 is 1.45 bits per heavy atom. The van der Waals surface area contributed by atoms with Gasteiger partial charge in [-0.2, -0.15) is 0 Å². The van der Waals surface area contributed by atoms with Crippen molar-refractivity contribution in [3.8, 4) is 11.1 Å². The van der Waals surface area contributed by atoms with Gasteiger partial charge in [-0.25, -0.2) is 9.59 Å². The number of hydrogen-bond donors (Lipinski definition) is 2. The topological polar surface area (TPSA) is 74.6 Å². The van der Waals surface area contributed by atoms with Crippen LogP contribution in [-0.4, -0.2) is 22.2 Å². The molecular formula is C16H12O4. The molecule has 0 bridgehead atoms. The van der Waals surface area contributed by atoms with E-state index in [1.54, 1.807) is 24.3 Å². The summed E-state index contributed by atoms with van der Waals surface area (Å²) in [7, 11) is 0. The fraction of sp³-hybridized carbons (Fsp3) is 0. The van der Waals surface area contributed by atoms with Crippen molar-refractivity contribution in [2.24, 2.45) is 0 Å². The summed E-state index contributed by atoms with van der Waals surface area (Å²) in [5.74, 6) is -2.55. The molecule has 0 atom stereocenters. The van der Waals surface area contributed by atoms with E-state index in [0.29, 0.717) is 17.2 Å². The van der Waals surface area contributed by atoms with Crippen LogP contribution in [0.25, 0.3) is 16.7 Å². The molecule has 20 heavy (non-hydrogen) atoms. The van der Waals surface area contributed by atoms with Crippen LogP contribution in [0.5, 0.6) is 0 Å². The van der Waals surface area contributed by atoms with Crippen LogP contribution in [0.4, 0.5) is 0 Å². The number of carboxylic acid groups (broad SMARTS) is 2. The first-order valence-corrected chi connectivity index (χ1v) is 5.92. The molecule has 0 heterocycles. The second-order valence-corrected chi connectivity index (χ2v) is 4.11. The van der Waals surface area contributed by atoms with Crippen molar-refractivity contribution >= 4 is 17.5 Å². The van der Waals surface area contributed by atoms with Crippen molar-refractivity contribution in [3.63, 3.8) is 0 Å². The molecule has 0 amide bonds. The van der Waals surface area contributed by atoms with Gasteiger partial charge in [-0.1, -0.05) is 54.6 Å². The number of rotatable bonds is 4. The van der Waals surface area contributed by atoms with E-state index in [4.69, 9.17) is 5.11 Å². The van der Waals surface area contributed by atoms with Gasteiger partial charge in [0.1, 0.15) is 0 Å². The first-order chi connectivity index (χ1) is 9.59. The van der Waals surface area contributed by atoms with E-state index in [9.17, 15) is 14.7 Å². The summed E-state index contributed by atoms with van der Waals surface area (Å²) in [6.45, 7) is 0. The van der Waals surface area contributed by atoms with Gasteiger partial charge in [0.05, 0.1) is 5.57 Å². The molecule has 0 saturated heterocycles. The Morgan fingerprint density at radius 1 is 0.850 bits per heavy atom. The monoisotopic (exact) mass is 268 g/mol. The van der Waals surface area contributed by atoms with Gasteiger partial charge < -0.3 is 10.2 Å². The summed E-state index contributed by atoms with van der Waals surface area (Å²) in [6.07, 6.45) is 0.712. The SMILES string of the molecule is O=C(O)C=C(C(=O)O)c1ccccc1-c1ccccc1. The first kappa shape index (κ1) is 13.5. The van der Waals surface area contributed by atoms with Gasteiger partial charge in [0, 0.05) is 6.08 Å². The average molecular weight is 268 g/mol. The van der Waals surface area contributed by atoms with Crippen LogP contribution in [0.1, 0.15) is 5.56 Å². The zero-order valence-corrected chi connectivity index (χ0v) is 10.5. The van der Waals surface area contributed by atoms with Crippen molar-refractivity contribution in [1.29, 1.82) is 0 Å². The summed E-state index contributed by atoms with van der Waals surface area (Å²) < 4.78 is 0. The molecule has 2 aromatic rings. The molecule has 0 aliphatic rings. The molecule has 0 radical (unpaired) electrons. The predicted molar refractivity (Wildman–Crippen MR) is 75.1 cm³/mol. The third-order valence-corrected chi connectivity index (χ3v) is 2.80. The maximum atomic E-state index is 11.3. The highest BCUT2D eigenvalue weighted by molar-refractivity contribution is 6.21. The summed E-state index contributed by atoms with van der Waals surface area (Å²) in [4.78, 5) is 22.1. The highest BCUT2D eigenvalue weighted by Gasteiger charge is 2.16. The van der Waals surface area contributed by atoms with Gasteiger partial charge in [-0.05, 0) is 16.7 Å². The molecule has 2 N–H and O–H groups in total. The lowest BCUT2D eigenvalue weighted by molar-refractivity contribution is -0.133. The van der Waals surface area contributed by atoms with Crippen LogP contribution in [0.3, 0.4) is 0 Å². The largest absolute Gasteiger partial charge is 0.478 e. The lowest BCUT2D eigenvalue weighted by Gasteiger charge is -2.10. The van der Waals surface area contributed by atoms with E-state index in [1.165, 1.54) is 0 Å². The van der Waals surface area contributed by atoms with E-state index in [1.807, 2.05) is 30.3 Å². The minimum absolute atomic E-state index is 0.239. The number of hydrogen-bond acceptors (Lipinski definition) is 2. The summed E-state index contributed by atoms with van der Waals surface area (Å²) >= 11 is 0. The minimum atomic E-state index is -1.29.